The summed E-state index contributed by atoms with van der Waals surface area (Å²) in [5, 5.41) is 7.70. The summed E-state index contributed by atoms with van der Waals surface area (Å²) in [5.74, 6) is 2.70. The van der Waals surface area contributed by atoms with Crippen LogP contribution in [0, 0.1) is 20.8 Å². The minimum Gasteiger partial charge on any atom is -0.308 e. The fourth-order valence-electron chi connectivity index (χ4n) is 15.1. The van der Waals surface area contributed by atoms with Gasteiger partial charge in [-0.25, -0.2) is 15.0 Å². The molecule has 10 nitrogen and oxygen atoms in total. The molecular weight excluding hydrogens is 1320 g/mol. The van der Waals surface area contributed by atoms with E-state index >= 15 is 13.7 Å². The van der Waals surface area contributed by atoms with Crippen LogP contribution in [0.3, 0.4) is 0 Å². The van der Waals surface area contributed by atoms with Gasteiger partial charge in [0.15, 0.2) is 21.4 Å². The van der Waals surface area contributed by atoms with E-state index in [1.807, 2.05) is 203 Å². The molecular formula is C87H62N7O3P3S. The van der Waals surface area contributed by atoms with Crippen LogP contribution in [-0.4, -0.2) is 33.6 Å². The number of rotatable bonds is 8. The SMILES string of the molecule is Cc1nc2cccc3c2n1-c1ccc(-c2ccc(-c4ccc(-c5ccccc5)s4)cc2)cc1P3(=O)c1ccccc1.Cc1nc2cccc3c2n1-c1ccc(-c2ccccc2)cc1P3(=O)c1ccccc1.Cc1nc2cccc3c2n1-c1ccc(-c2ccncc2)cc1P3(=O)c1ccccc1. The van der Waals surface area contributed by atoms with Gasteiger partial charge in [0.05, 0.1) is 50.2 Å². The van der Waals surface area contributed by atoms with Crippen LogP contribution in [0.1, 0.15) is 17.5 Å². The van der Waals surface area contributed by atoms with Gasteiger partial charge in [0.2, 0.25) is 0 Å². The second-order valence-corrected chi connectivity index (χ2v) is 34.8. The molecule has 12 aromatic carbocycles. The Labute approximate surface area is 588 Å². The molecule has 0 bridgehead atoms. The number of thiophene rings is 1. The Bertz CT molecular complexity index is 6050. The predicted molar refractivity (Wildman–Crippen MR) is 419 cm³/mol. The van der Waals surface area contributed by atoms with Crippen molar-refractivity contribution in [2.45, 2.75) is 20.8 Å². The van der Waals surface area contributed by atoms with Gasteiger partial charge in [-0.05, 0) is 162 Å². The maximum absolute atomic E-state index is 15.4. The summed E-state index contributed by atoms with van der Waals surface area (Å²) < 4.78 is 51.9. The standard InChI is InChI=1S/C36H25N2OPS.C26H19N2OP.C25H18N3OP/c1-24-37-30-13-8-14-32-36(30)38(24)31-20-19-28(23-33(31)40(32,39)29-11-6-3-7-12-29)25-15-17-27(18-16-25)35-22-21-34(41-35)26-9-4-2-5-10-26;1-18-27-22-13-8-14-24-26(22)28(18)23-16-15-20(19-9-4-2-5-10-19)17-25(23)30(24,29)21-11-6-3-7-12-21;1-17-27-21-8-5-9-23-25(21)28(17)22-11-10-19(18-12-14-26-15-13-18)16-24(22)30(23,29)20-6-3-2-4-7-20/h2-23H,1H3;2-17H,1H3;2-16H,1H3. The molecule has 8 heterocycles. The zero-order chi connectivity index (χ0) is 68.1. The first-order valence-electron chi connectivity index (χ1n) is 33.6. The molecule has 0 N–H and O–H groups in total. The fraction of sp³-hybridized carbons (Fsp3) is 0.0345. The molecule has 0 spiro atoms. The maximum Gasteiger partial charge on any atom is 0.175 e. The van der Waals surface area contributed by atoms with E-state index in [1.54, 1.807) is 23.7 Å². The lowest BCUT2D eigenvalue weighted by molar-refractivity contribution is 0.591. The number of aromatic nitrogens is 7. The second-order valence-electron chi connectivity index (χ2n) is 25.6. The van der Waals surface area contributed by atoms with Crippen LogP contribution in [0.15, 0.2) is 322 Å². The number of nitrogens with zero attached hydrogens (tertiary/aromatic N) is 7. The molecule has 5 aromatic heterocycles. The van der Waals surface area contributed by atoms with Crippen molar-refractivity contribution in [3.05, 3.63) is 339 Å². The molecule has 20 rings (SSSR count). The van der Waals surface area contributed by atoms with E-state index in [1.165, 1.54) is 20.9 Å². The summed E-state index contributed by atoms with van der Waals surface area (Å²) in [4.78, 5) is 21.0. The number of benzene rings is 12. The quantitative estimate of drug-likeness (QED) is 0.139. The molecule has 3 atom stereocenters. The minimum atomic E-state index is -3.14. The number of fused-ring (bicyclic) bond motifs is 6. The van der Waals surface area contributed by atoms with Gasteiger partial charge < -0.3 is 13.7 Å². The summed E-state index contributed by atoms with van der Waals surface area (Å²) in [6.07, 6.45) is 3.56. The zero-order valence-electron chi connectivity index (χ0n) is 55.2. The fourth-order valence-corrected chi connectivity index (χ4v) is 25.3. The van der Waals surface area contributed by atoms with Crippen LogP contribution in [-0.2, 0) is 13.7 Å². The summed E-state index contributed by atoms with van der Waals surface area (Å²) in [5.41, 5.74) is 17.2. The van der Waals surface area contributed by atoms with Crippen LogP contribution in [0.4, 0.5) is 0 Å². The van der Waals surface area contributed by atoms with Crippen molar-refractivity contribution >= 4 is 114 Å². The minimum absolute atomic E-state index is 0.843. The Kier molecular flexibility index (Phi) is 15.0. The number of hydrogen-bond acceptors (Lipinski definition) is 8. The monoisotopic (exact) mass is 1380 g/mol. The van der Waals surface area contributed by atoms with Gasteiger partial charge in [0.1, 0.15) is 17.5 Å². The molecule has 0 saturated heterocycles. The Morgan fingerprint density at radius 2 is 0.554 bits per heavy atom. The van der Waals surface area contributed by atoms with Crippen LogP contribution >= 0.6 is 32.8 Å². The number of pyridine rings is 1. The van der Waals surface area contributed by atoms with Crippen LogP contribution < -0.4 is 47.7 Å². The molecule has 14 heteroatoms. The highest BCUT2D eigenvalue weighted by Gasteiger charge is 2.43. The zero-order valence-corrected chi connectivity index (χ0v) is 58.7. The van der Waals surface area contributed by atoms with Crippen molar-refractivity contribution in [2.75, 3.05) is 0 Å². The summed E-state index contributed by atoms with van der Waals surface area (Å²) in [6.45, 7) is 6.03. The first kappa shape index (κ1) is 61.9. The van der Waals surface area contributed by atoms with Crippen LogP contribution in [0.25, 0.3) is 104 Å². The van der Waals surface area contributed by atoms with Gasteiger partial charge in [0, 0.05) is 69.9 Å². The van der Waals surface area contributed by atoms with Crippen molar-refractivity contribution in [2.24, 2.45) is 0 Å². The summed E-state index contributed by atoms with van der Waals surface area (Å²) in [6, 6.07) is 104. The number of aryl methyl sites for hydroxylation is 3. The number of para-hydroxylation sites is 3. The average Bonchev–Trinajstić information content (AvgIpc) is 1.68. The Morgan fingerprint density at radius 1 is 0.267 bits per heavy atom. The third-order valence-electron chi connectivity index (χ3n) is 19.8. The van der Waals surface area contributed by atoms with Crippen molar-refractivity contribution in [3.8, 4) is 71.3 Å². The van der Waals surface area contributed by atoms with E-state index in [0.717, 1.165) is 149 Å². The lowest BCUT2D eigenvalue weighted by atomic mass is 10.0. The highest BCUT2D eigenvalue weighted by atomic mass is 32.1. The Morgan fingerprint density at radius 3 is 0.911 bits per heavy atom. The van der Waals surface area contributed by atoms with Gasteiger partial charge in [0.25, 0.3) is 0 Å². The smallest absolute Gasteiger partial charge is 0.175 e. The maximum atomic E-state index is 15.4. The van der Waals surface area contributed by atoms with Gasteiger partial charge in [-0.3, -0.25) is 18.7 Å². The van der Waals surface area contributed by atoms with Gasteiger partial charge >= 0.3 is 0 Å². The first-order chi connectivity index (χ1) is 49.5. The third kappa shape index (κ3) is 9.93. The highest BCUT2D eigenvalue weighted by molar-refractivity contribution is 7.87. The molecule has 17 aromatic rings. The Balaban J connectivity index is 0.000000111. The largest absolute Gasteiger partial charge is 0.308 e. The van der Waals surface area contributed by atoms with Crippen LogP contribution in [0.2, 0.25) is 0 Å². The molecule has 484 valence electrons. The average molecular weight is 1380 g/mol. The molecule has 3 aliphatic heterocycles. The summed E-state index contributed by atoms with van der Waals surface area (Å²) in [7, 11) is -9.27. The normalized spacial score (nSPS) is 16.5. The topological polar surface area (TPSA) is 118 Å². The van der Waals surface area contributed by atoms with E-state index in [2.05, 4.69) is 146 Å². The van der Waals surface area contributed by atoms with E-state index in [9.17, 15) is 0 Å². The Hall–Kier alpha value is -11.4. The lowest BCUT2D eigenvalue weighted by Crippen LogP contribution is -2.33. The van der Waals surface area contributed by atoms with Crippen molar-refractivity contribution in [1.29, 1.82) is 0 Å². The van der Waals surface area contributed by atoms with Gasteiger partial charge in [-0.2, -0.15) is 0 Å². The lowest BCUT2D eigenvalue weighted by Gasteiger charge is -2.29. The molecule has 0 saturated carbocycles. The van der Waals surface area contributed by atoms with E-state index in [0.29, 0.717) is 0 Å². The number of hydrogen-bond donors (Lipinski definition) is 0. The van der Waals surface area contributed by atoms with Crippen molar-refractivity contribution < 1.29 is 13.7 Å². The molecule has 3 unspecified atom stereocenters. The molecule has 0 amide bonds. The summed E-state index contributed by atoms with van der Waals surface area (Å²) >= 11 is 1.80. The molecule has 3 aliphatic rings. The number of imidazole rings is 3. The molecule has 0 aliphatic carbocycles. The predicted octanol–water partition coefficient (Wildman–Crippen LogP) is 17.7. The van der Waals surface area contributed by atoms with Crippen molar-refractivity contribution in [3.63, 3.8) is 0 Å². The molecule has 0 fully saturated rings. The van der Waals surface area contributed by atoms with Gasteiger partial charge in [-0.15, -0.1) is 11.3 Å². The van der Waals surface area contributed by atoms with Gasteiger partial charge in [-0.1, -0.05) is 212 Å². The first-order valence-corrected chi connectivity index (χ1v) is 39.5. The molecule has 0 radical (unpaired) electrons. The second kappa shape index (κ2) is 24.5. The van der Waals surface area contributed by atoms with Crippen molar-refractivity contribution in [1.82, 2.24) is 33.6 Å². The van der Waals surface area contributed by atoms with E-state index in [4.69, 9.17) is 15.0 Å². The van der Waals surface area contributed by atoms with E-state index in [-0.39, 0.29) is 0 Å². The molecule has 101 heavy (non-hydrogen) atoms. The van der Waals surface area contributed by atoms with Crippen LogP contribution in [0.5, 0.6) is 0 Å². The van der Waals surface area contributed by atoms with E-state index < -0.39 is 21.4 Å². The third-order valence-corrected chi connectivity index (χ3v) is 30.3. The highest BCUT2D eigenvalue weighted by Crippen LogP contribution is 2.53.